The quantitative estimate of drug-likeness (QED) is 0.483. The molecule has 0 spiro atoms. The van der Waals surface area contributed by atoms with Gasteiger partial charge in [0.2, 0.25) is 5.91 Å². The largest absolute Gasteiger partial charge is 0.401 e. The van der Waals surface area contributed by atoms with Crippen LogP contribution in [0.5, 0.6) is 0 Å². The number of nitrogens with zero attached hydrogens (tertiary/aromatic N) is 1. The zero-order valence-corrected chi connectivity index (χ0v) is 16.2. The number of carbonyl (C=O) groups excluding carboxylic acids is 1. The molecule has 4 nitrogen and oxygen atoms in total. The van der Waals surface area contributed by atoms with E-state index < -0.39 is 8.32 Å². The van der Waals surface area contributed by atoms with Crippen molar-refractivity contribution in [1.82, 2.24) is 4.90 Å². The van der Waals surface area contributed by atoms with Gasteiger partial charge in [0.05, 0.1) is 18.6 Å². The summed E-state index contributed by atoms with van der Waals surface area (Å²) in [5.41, 5.74) is 0. The smallest absolute Gasteiger partial charge is 0.229 e. The molecule has 1 saturated heterocycles. The van der Waals surface area contributed by atoms with Crippen LogP contribution in [-0.2, 0) is 9.22 Å². The zero-order valence-electron chi connectivity index (χ0n) is 15.2. The van der Waals surface area contributed by atoms with Gasteiger partial charge in [0, 0.05) is 13.0 Å². The van der Waals surface area contributed by atoms with E-state index in [1.165, 1.54) is 0 Å². The minimum absolute atomic E-state index is 0.0403. The van der Waals surface area contributed by atoms with Crippen LogP contribution < -0.4 is 0 Å². The van der Waals surface area contributed by atoms with Crippen LogP contribution in [0.2, 0.25) is 18.1 Å². The van der Waals surface area contributed by atoms with Crippen LogP contribution in [0.1, 0.15) is 27.2 Å². The summed E-state index contributed by atoms with van der Waals surface area (Å²) in [5.74, 6) is 12.0. The third-order valence-corrected chi connectivity index (χ3v) is 9.61. The molecule has 0 radical (unpaired) electrons. The zero-order chi connectivity index (χ0) is 18.0. The van der Waals surface area contributed by atoms with Gasteiger partial charge in [-0.05, 0) is 30.3 Å². The van der Waals surface area contributed by atoms with Gasteiger partial charge in [-0.2, -0.15) is 0 Å². The normalized spacial score (nSPS) is 27.8. The van der Waals surface area contributed by atoms with E-state index in [9.17, 15) is 9.90 Å². The van der Waals surface area contributed by atoms with Gasteiger partial charge in [0.1, 0.15) is 6.10 Å². The van der Waals surface area contributed by atoms with Gasteiger partial charge in [-0.25, -0.2) is 0 Å². The second kappa shape index (κ2) is 7.15. The summed E-state index contributed by atoms with van der Waals surface area (Å²) in [5, 5.41) is 9.34. The van der Waals surface area contributed by atoms with Crippen LogP contribution in [0.15, 0.2) is 12.2 Å². The topological polar surface area (TPSA) is 49.8 Å². The van der Waals surface area contributed by atoms with Crippen LogP contribution >= 0.6 is 0 Å². The highest BCUT2D eigenvalue weighted by molar-refractivity contribution is 6.74. The molecular formula is C19H27NO3Si. The molecule has 5 heteroatoms. The summed E-state index contributed by atoms with van der Waals surface area (Å²) >= 11 is 0. The summed E-state index contributed by atoms with van der Waals surface area (Å²) in [7, 11) is -2.04. The van der Waals surface area contributed by atoms with E-state index in [2.05, 4.69) is 57.5 Å². The van der Waals surface area contributed by atoms with Gasteiger partial charge in [-0.3, -0.25) is 4.79 Å². The molecule has 1 aliphatic heterocycles. The van der Waals surface area contributed by atoms with Crippen molar-refractivity contribution in [2.24, 2.45) is 5.92 Å². The van der Waals surface area contributed by atoms with Crippen molar-refractivity contribution in [2.45, 2.75) is 57.5 Å². The van der Waals surface area contributed by atoms with E-state index in [1.54, 1.807) is 17.1 Å². The number of β-lactam (4-membered cyclic amide) rings is 1. The minimum Gasteiger partial charge on any atom is -0.401 e. The molecule has 2 aliphatic rings. The SMILES string of the molecule is CC(C)(C)[Si](C)(C)O[C@@H]1C#C/C=C\C#CC[C@H]2C(=O)N(CCO)[C@H]12. The fourth-order valence-corrected chi connectivity index (χ4v) is 3.90. The predicted molar refractivity (Wildman–Crippen MR) is 97.5 cm³/mol. The molecule has 1 aliphatic carbocycles. The first kappa shape index (κ1) is 18.8. The first-order valence-corrected chi connectivity index (χ1v) is 11.3. The monoisotopic (exact) mass is 345 g/mol. The Kier molecular flexibility index (Phi) is 5.60. The van der Waals surface area contributed by atoms with Gasteiger partial charge < -0.3 is 14.4 Å². The van der Waals surface area contributed by atoms with Gasteiger partial charge in [0.15, 0.2) is 8.32 Å². The van der Waals surface area contributed by atoms with E-state index >= 15 is 0 Å². The number of carbonyl (C=O) groups is 1. The maximum atomic E-state index is 12.4. The highest BCUT2D eigenvalue weighted by Gasteiger charge is 2.52. The molecule has 24 heavy (non-hydrogen) atoms. The molecular weight excluding hydrogens is 318 g/mol. The van der Waals surface area contributed by atoms with E-state index in [0.717, 1.165) is 0 Å². The molecule has 1 N–H and O–H groups in total. The molecule has 1 fully saturated rings. The Morgan fingerprint density at radius 2 is 2.00 bits per heavy atom. The number of hydrogen-bond donors (Lipinski definition) is 1. The van der Waals surface area contributed by atoms with Crippen LogP contribution in [-0.4, -0.2) is 49.5 Å². The molecule has 1 heterocycles. The van der Waals surface area contributed by atoms with Crippen LogP contribution in [0.25, 0.3) is 0 Å². The summed E-state index contributed by atoms with van der Waals surface area (Å²) in [4.78, 5) is 14.1. The Labute approximate surface area is 146 Å². The van der Waals surface area contributed by atoms with Crippen molar-refractivity contribution in [2.75, 3.05) is 13.2 Å². The molecule has 0 saturated carbocycles. The first-order chi connectivity index (χ1) is 11.2. The molecule has 0 aromatic carbocycles. The van der Waals surface area contributed by atoms with Crippen molar-refractivity contribution in [1.29, 1.82) is 0 Å². The number of hydrogen-bond acceptors (Lipinski definition) is 3. The second-order valence-corrected chi connectivity index (χ2v) is 12.6. The number of likely N-dealkylation sites (tertiary alicyclic amines) is 1. The average Bonchev–Trinajstić information content (AvgIpc) is 2.49. The number of allylic oxidation sites excluding steroid dienone is 2. The second-order valence-electron chi connectivity index (χ2n) is 7.80. The van der Waals surface area contributed by atoms with E-state index in [1.807, 2.05) is 0 Å². The molecule has 2 rings (SSSR count). The summed E-state index contributed by atoms with van der Waals surface area (Å²) in [6.07, 6.45) is 3.61. The molecule has 0 aromatic heterocycles. The van der Waals surface area contributed by atoms with Crippen molar-refractivity contribution >= 4 is 14.2 Å². The summed E-state index contributed by atoms with van der Waals surface area (Å²) in [6.45, 7) is 11.2. The average molecular weight is 346 g/mol. The number of fused-ring (bicyclic) bond motifs is 1. The summed E-state index contributed by atoms with van der Waals surface area (Å²) in [6, 6.07) is -0.132. The number of β-amino-alcohol motifs (C(OH)–C–C–N with tert-alkyl or cyclic N) is 1. The molecule has 3 atom stereocenters. The fourth-order valence-electron chi connectivity index (χ4n) is 2.71. The Bertz CT molecular complexity index is 639. The van der Waals surface area contributed by atoms with Crippen LogP contribution in [0, 0.1) is 29.6 Å². The standard InChI is InChI=1S/C19H27NO3Si/c1-19(2,3)24(4,5)23-16-12-10-8-6-7-9-11-15-17(16)20(13-14-21)18(15)22/h6,8,15-17,21H,11,13-14H2,1-5H3/b8-6-/t15-,16-,17+/m1/s1. The number of rotatable bonds is 4. The van der Waals surface area contributed by atoms with Crippen molar-refractivity contribution in [3.05, 3.63) is 12.2 Å². The lowest BCUT2D eigenvalue weighted by molar-refractivity contribution is -0.161. The van der Waals surface area contributed by atoms with E-state index in [-0.39, 0.29) is 35.6 Å². The maximum absolute atomic E-state index is 12.4. The third kappa shape index (κ3) is 3.75. The van der Waals surface area contributed by atoms with Gasteiger partial charge in [-0.1, -0.05) is 44.5 Å². The molecule has 0 bridgehead atoms. The number of aliphatic hydroxyl groups excluding tert-OH is 1. The van der Waals surface area contributed by atoms with Crippen molar-refractivity contribution in [3.8, 4) is 23.7 Å². The van der Waals surface area contributed by atoms with Crippen molar-refractivity contribution < 1.29 is 14.3 Å². The highest BCUT2D eigenvalue weighted by Crippen LogP contribution is 2.40. The van der Waals surface area contributed by atoms with Crippen LogP contribution in [0.3, 0.4) is 0 Å². The Balaban J connectivity index is 2.34. The van der Waals surface area contributed by atoms with Gasteiger partial charge in [-0.15, -0.1) is 0 Å². The number of aliphatic hydroxyl groups is 1. The van der Waals surface area contributed by atoms with Crippen LogP contribution in [0.4, 0.5) is 0 Å². The molecule has 1 amide bonds. The lowest BCUT2D eigenvalue weighted by Gasteiger charge is -2.51. The molecule has 0 unspecified atom stereocenters. The Morgan fingerprint density at radius 3 is 2.62 bits per heavy atom. The third-order valence-electron chi connectivity index (χ3n) is 5.15. The minimum atomic E-state index is -2.04. The lowest BCUT2D eigenvalue weighted by atomic mass is 9.81. The Morgan fingerprint density at radius 1 is 1.33 bits per heavy atom. The van der Waals surface area contributed by atoms with Crippen molar-refractivity contribution in [3.63, 3.8) is 0 Å². The van der Waals surface area contributed by atoms with E-state index in [4.69, 9.17) is 4.43 Å². The highest BCUT2D eigenvalue weighted by atomic mass is 28.4. The number of amides is 1. The predicted octanol–water partition coefficient (Wildman–Crippen LogP) is 2.16. The van der Waals surface area contributed by atoms with Gasteiger partial charge in [0.25, 0.3) is 0 Å². The molecule has 130 valence electrons. The Hall–Kier alpha value is -1.53. The summed E-state index contributed by atoms with van der Waals surface area (Å²) < 4.78 is 6.54. The maximum Gasteiger partial charge on any atom is 0.229 e. The molecule has 0 aromatic rings. The van der Waals surface area contributed by atoms with E-state index in [0.29, 0.717) is 13.0 Å². The lowest BCUT2D eigenvalue weighted by Crippen LogP contribution is -2.67. The van der Waals surface area contributed by atoms with Gasteiger partial charge >= 0.3 is 0 Å². The first-order valence-electron chi connectivity index (χ1n) is 8.42. The fraction of sp³-hybridized carbons (Fsp3) is 0.632.